The fourth-order valence-electron chi connectivity index (χ4n) is 2.54. The molecule has 2 heterocycles. The summed E-state index contributed by atoms with van der Waals surface area (Å²) >= 11 is 3.38. The molecule has 3 rings (SSSR count). The Bertz CT molecular complexity index is 722. The summed E-state index contributed by atoms with van der Waals surface area (Å²) in [6, 6.07) is 9.31. The Balaban J connectivity index is 1.47. The summed E-state index contributed by atoms with van der Waals surface area (Å²) in [6.07, 6.45) is 1.76. The number of nitrogens with zero attached hydrogens (tertiary/aromatic N) is 3. The van der Waals surface area contributed by atoms with Gasteiger partial charge in [-0.1, -0.05) is 12.1 Å². The average Bonchev–Trinajstić information content (AvgIpc) is 2.66. The van der Waals surface area contributed by atoms with Gasteiger partial charge in [0.05, 0.1) is 30.7 Å². The zero-order chi connectivity index (χ0) is 17.5. The van der Waals surface area contributed by atoms with E-state index < -0.39 is 0 Å². The van der Waals surface area contributed by atoms with Crippen molar-refractivity contribution >= 4 is 33.3 Å². The number of morpholine rings is 1. The normalized spacial score (nSPS) is 14.2. The molecule has 0 spiro atoms. The zero-order valence-electron chi connectivity index (χ0n) is 13.7. The maximum atomic E-state index is 12.1. The molecule has 25 heavy (non-hydrogen) atoms. The minimum Gasteiger partial charge on any atom is -0.378 e. The summed E-state index contributed by atoms with van der Waals surface area (Å²) < 4.78 is 6.14. The van der Waals surface area contributed by atoms with Crippen molar-refractivity contribution in [2.45, 2.75) is 0 Å². The maximum absolute atomic E-state index is 12.1. The summed E-state index contributed by atoms with van der Waals surface area (Å²) in [5, 5.41) is 14.2. The van der Waals surface area contributed by atoms with Crippen LogP contribution in [0.25, 0.3) is 0 Å². The molecule has 1 amide bonds. The topological polar surface area (TPSA) is 79.4 Å². The first-order valence-corrected chi connectivity index (χ1v) is 8.95. The van der Waals surface area contributed by atoms with Crippen LogP contribution in [-0.4, -0.2) is 55.5 Å². The number of aromatic nitrogens is 2. The largest absolute Gasteiger partial charge is 0.378 e. The molecule has 0 atom stereocenters. The Morgan fingerprint density at radius 3 is 2.84 bits per heavy atom. The van der Waals surface area contributed by atoms with Crippen molar-refractivity contribution in [1.82, 2.24) is 15.5 Å². The number of carbonyl (C=O) groups excluding carboxylic acids is 1. The van der Waals surface area contributed by atoms with Gasteiger partial charge in [0.15, 0.2) is 5.82 Å². The highest BCUT2D eigenvalue weighted by Gasteiger charge is 2.12. The maximum Gasteiger partial charge on any atom is 0.252 e. The van der Waals surface area contributed by atoms with E-state index in [1.54, 1.807) is 12.3 Å². The van der Waals surface area contributed by atoms with E-state index in [9.17, 15) is 4.79 Å². The van der Waals surface area contributed by atoms with Gasteiger partial charge >= 0.3 is 0 Å². The molecule has 1 aromatic carbocycles. The fourth-order valence-corrected chi connectivity index (χ4v) is 3.01. The number of carbonyl (C=O) groups is 1. The van der Waals surface area contributed by atoms with E-state index in [-0.39, 0.29) is 5.91 Å². The van der Waals surface area contributed by atoms with Crippen LogP contribution in [-0.2, 0) is 4.74 Å². The van der Waals surface area contributed by atoms with Gasteiger partial charge in [-0.25, -0.2) is 0 Å². The lowest BCUT2D eigenvalue weighted by molar-refractivity contribution is 0.0954. The third-order valence-electron chi connectivity index (χ3n) is 3.85. The van der Waals surface area contributed by atoms with E-state index in [4.69, 9.17) is 4.74 Å². The van der Waals surface area contributed by atoms with Crippen LogP contribution >= 0.6 is 15.9 Å². The lowest BCUT2D eigenvalue weighted by atomic mass is 10.2. The quantitative estimate of drug-likeness (QED) is 0.714. The van der Waals surface area contributed by atoms with E-state index in [2.05, 4.69) is 41.7 Å². The highest BCUT2D eigenvalue weighted by Crippen LogP contribution is 2.17. The third-order valence-corrected chi connectivity index (χ3v) is 4.54. The third kappa shape index (κ3) is 4.90. The minimum atomic E-state index is -0.109. The molecule has 2 N–H and O–H groups in total. The van der Waals surface area contributed by atoms with Crippen LogP contribution in [0.15, 0.2) is 41.0 Å². The van der Waals surface area contributed by atoms with Crippen molar-refractivity contribution in [3.8, 4) is 0 Å². The Morgan fingerprint density at radius 2 is 2.04 bits per heavy atom. The molecule has 0 radical (unpaired) electrons. The molecular formula is C17H20BrN5O2. The van der Waals surface area contributed by atoms with E-state index in [1.807, 2.05) is 24.3 Å². The summed E-state index contributed by atoms with van der Waals surface area (Å²) in [4.78, 5) is 14.3. The highest BCUT2D eigenvalue weighted by molar-refractivity contribution is 9.10. The standard InChI is InChI=1S/C17H20BrN5O2/c18-15-4-2-1-3-14(15)17(24)20-6-5-19-16-11-13(12-21-22-16)23-7-9-25-10-8-23/h1-4,11-12H,5-10H2,(H,19,22)(H,20,24). The van der Waals surface area contributed by atoms with Crippen LogP contribution < -0.4 is 15.5 Å². The van der Waals surface area contributed by atoms with Gasteiger partial charge in [-0.2, -0.15) is 5.10 Å². The summed E-state index contributed by atoms with van der Waals surface area (Å²) in [6.45, 7) is 4.22. The molecule has 7 nitrogen and oxygen atoms in total. The molecule has 132 valence electrons. The minimum absolute atomic E-state index is 0.109. The molecule has 1 saturated heterocycles. The first kappa shape index (κ1) is 17.6. The van der Waals surface area contributed by atoms with Crippen molar-refractivity contribution in [1.29, 1.82) is 0 Å². The van der Waals surface area contributed by atoms with Crippen LogP contribution in [0.2, 0.25) is 0 Å². The lowest BCUT2D eigenvalue weighted by Crippen LogP contribution is -2.36. The predicted molar refractivity (Wildman–Crippen MR) is 100 cm³/mol. The van der Waals surface area contributed by atoms with Gasteiger partial charge in [0.2, 0.25) is 0 Å². The smallest absolute Gasteiger partial charge is 0.252 e. The number of anilines is 2. The molecule has 1 aromatic heterocycles. The molecule has 2 aromatic rings. The van der Waals surface area contributed by atoms with Gasteiger partial charge in [0.25, 0.3) is 5.91 Å². The molecule has 8 heteroatoms. The van der Waals surface area contributed by atoms with Crippen molar-refractivity contribution in [3.63, 3.8) is 0 Å². The second-order valence-corrected chi connectivity index (χ2v) is 6.42. The number of halogens is 1. The molecule has 0 aliphatic carbocycles. The van der Waals surface area contributed by atoms with Crippen molar-refractivity contribution in [2.24, 2.45) is 0 Å². The van der Waals surface area contributed by atoms with Gasteiger partial charge in [-0.15, -0.1) is 5.10 Å². The number of rotatable bonds is 6. The van der Waals surface area contributed by atoms with Gasteiger partial charge in [-0.3, -0.25) is 4.79 Å². The van der Waals surface area contributed by atoms with Crippen LogP contribution in [0.3, 0.4) is 0 Å². The van der Waals surface area contributed by atoms with Crippen molar-refractivity contribution in [3.05, 3.63) is 46.6 Å². The van der Waals surface area contributed by atoms with E-state index in [0.717, 1.165) is 36.5 Å². The number of hydrogen-bond acceptors (Lipinski definition) is 6. The molecule has 1 aliphatic rings. The second-order valence-electron chi connectivity index (χ2n) is 5.56. The summed E-state index contributed by atoms with van der Waals surface area (Å²) in [5.41, 5.74) is 1.65. The predicted octanol–water partition coefficient (Wildman–Crippen LogP) is 1.92. The van der Waals surface area contributed by atoms with E-state index in [1.165, 1.54) is 0 Å². The molecule has 0 bridgehead atoms. The fraction of sp³-hybridized carbons (Fsp3) is 0.353. The van der Waals surface area contributed by atoms with Crippen LogP contribution in [0.5, 0.6) is 0 Å². The number of benzene rings is 1. The number of nitrogens with one attached hydrogen (secondary N) is 2. The summed E-state index contributed by atoms with van der Waals surface area (Å²) in [5.74, 6) is 0.585. The van der Waals surface area contributed by atoms with Gasteiger partial charge in [0, 0.05) is 36.7 Å². The van der Waals surface area contributed by atoms with Gasteiger partial charge < -0.3 is 20.3 Å². The van der Waals surface area contributed by atoms with Gasteiger partial charge in [-0.05, 0) is 28.1 Å². The summed E-state index contributed by atoms with van der Waals surface area (Å²) in [7, 11) is 0. The van der Waals surface area contributed by atoms with E-state index >= 15 is 0 Å². The highest BCUT2D eigenvalue weighted by atomic mass is 79.9. The van der Waals surface area contributed by atoms with Crippen LogP contribution in [0.1, 0.15) is 10.4 Å². The van der Waals surface area contributed by atoms with Crippen molar-refractivity contribution < 1.29 is 9.53 Å². The van der Waals surface area contributed by atoms with Crippen molar-refractivity contribution in [2.75, 3.05) is 49.6 Å². The Morgan fingerprint density at radius 1 is 1.24 bits per heavy atom. The number of ether oxygens (including phenoxy) is 1. The molecular weight excluding hydrogens is 386 g/mol. The number of amides is 1. The monoisotopic (exact) mass is 405 g/mol. The lowest BCUT2D eigenvalue weighted by Gasteiger charge is -2.28. The Labute approximate surface area is 154 Å². The second kappa shape index (κ2) is 8.77. The molecule has 1 fully saturated rings. The SMILES string of the molecule is O=C(NCCNc1cc(N2CCOCC2)cnn1)c1ccccc1Br. The number of hydrogen-bond donors (Lipinski definition) is 2. The molecule has 1 aliphatic heterocycles. The van der Waals surface area contributed by atoms with Crippen LogP contribution in [0.4, 0.5) is 11.5 Å². The molecule has 0 unspecified atom stereocenters. The first-order chi connectivity index (χ1) is 12.2. The average molecular weight is 406 g/mol. The zero-order valence-corrected chi connectivity index (χ0v) is 15.3. The molecule has 0 saturated carbocycles. The van der Waals surface area contributed by atoms with Crippen LogP contribution in [0, 0.1) is 0 Å². The Hall–Kier alpha value is -2.19. The first-order valence-electron chi connectivity index (χ1n) is 8.16. The Kier molecular flexibility index (Phi) is 6.19. The van der Waals surface area contributed by atoms with Gasteiger partial charge in [0.1, 0.15) is 0 Å². The van der Waals surface area contributed by atoms with E-state index in [0.29, 0.717) is 24.5 Å².